The lowest BCUT2D eigenvalue weighted by molar-refractivity contribution is 0.356. The van der Waals surface area contributed by atoms with Crippen molar-refractivity contribution < 1.29 is 0 Å². The molecule has 19 heavy (non-hydrogen) atoms. The molecule has 1 atom stereocenters. The monoisotopic (exact) mass is 376 g/mol. The topological polar surface area (TPSA) is 28.7 Å². The lowest BCUT2D eigenvalue weighted by Gasteiger charge is -2.29. The van der Waals surface area contributed by atoms with E-state index >= 15 is 0 Å². The van der Waals surface area contributed by atoms with Gasteiger partial charge < -0.3 is 4.98 Å². The third-order valence-electron chi connectivity index (χ3n) is 4.11. The molecule has 0 radical (unpaired) electrons. The molecule has 1 unspecified atom stereocenters. The van der Waals surface area contributed by atoms with Crippen molar-refractivity contribution in [3.8, 4) is 0 Å². The smallest absolute Gasteiger partial charge is 0.122 e. The predicted molar refractivity (Wildman–Crippen MR) is 91.6 cm³/mol. The Labute approximate surface area is 132 Å². The van der Waals surface area contributed by atoms with E-state index in [-0.39, 0.29) is 5.41 Å². The molecule has 0 amide bonds. The second kappa shape index (κ2) is 8.98. The van der Waals surface area contributed by atoms with Crippen LogP contribution in [0.3, 0.4) is 0 Å². The van der Waals surface area contributed by atoms with Crippen LogP contribution in [0.25, 0.3) is 0 Å². The van der Waals surface area contributed by atoms with E-state index in [0.29, 0.717) is 0 Å². The SMILES string of the molecule is CCCCCCC(C)(CCCCC)c1[nH]cnc1I. The molecule has 2 nitrogen and oxygen atoms in total. The number of H-pyrrole nitrogens is 1. The Morgan fingerprint density at radius 1 is 1.05 bits per heavy atom. The van der Waals surface area contributed by atoms with Crippen molar-refractivity contribution in [3.63, 3.8) is 0 Å². The minimum atomic E-state index is 0.288. The summed E-state index contributed by atoms with van der Waals surface area (Å²) < 4.78 is 1.16. The number of nitrogens with zero attached hydrogens (tertiary/aromatic N) is 1. The maximum atomic E-state index is 4.39. The molecule has 0 saturated heterocycles. The summed E-state index contributed by atoms with van der Waals surface area (Å²) in [5.41, 5.74) is 1.65. The Morgan fingerprint density at radius 3 is 2.16 bits per heavy atom. The fraction of sp³-hybridized carbons (Fsp3) is 0.812. The number of hydrogen-bond acceptors (Lipinski definition) is 1. The lowest BCUT2D eigenvalue weighted by Crippen LogP contribution is -2.24. The van der Waals surface area contributed by atoms with Crippen LogP contribution >= 0.6 is 22.6 Å². The van der Waals surface area contributed by atoms with Gasteiger partial charge in [0.1, 0.15) is 3.70 Å². The lowest BCUT2D eigenvalue weighted by atomic mass is 9.77. The number of aromatic nitrogens is 2. The minimum Gasteiger partial charge on any atom is -0.347 e. The van der Waals surface area contributed by atoms with Crippen LogP contribution in [0.5, 0.6) is 0 Å². The molecular formula is C16H29IN2. The summed E-state index contributed by atoms with van der Waals surface area (Å²) in [6.45, 7) is 6.97. The molecule has 1 rings (SSSR count). The van der Waals surface area contributed by atoms with Gasteiger partial charge in [0.2, 0.25) is 0 Å². The number of unbranched alkanes of at least 4 members (excludes halogenated alkanes) is 5. The average molecular weight is 376 g/mol. The molecule has 1 N–H and O–H groups in total. The van der Waals surface area contributed by atoms with Crippen molar-refractivity contribution in [2.75, 3.05) is 0 Å². The molecule has 0 aliphatic heterocycles. The number of rotatable bonds is 10. The van der Waals surface area contributed by atoms with Crippen molar-refractivity contribution >= 4 is 22.6 Å². The van der Waals surface area contributed by atoms with Gasteiger partial charge in [-0.25, -0.2) is 4.98 Å². The zero-order valence-corrected chi connectivity index (χ0v) is 14.9. The van der Waals surface area contributed by atoms with Gasteiger partial charge in [0.05, 0.1) is 12.0 Å². The maximum absolute atomic E-state index is 4.39. The number of imidazole rings is 1. The zero-order valence-electron chi connectivity index (χ0n) is 12.8. The molecule has 0 aliphatic carbocycles. The highest BCUT2D eigenvalue weighted by atomic mass is 127. The van der Waals surface area contributed by atoms with Crippen molar-refractivity contribution in [1.29, 1.82) is 0 Å². The summed E-state index contributed by atoms with van der Waals surface area (Å²) in [4.78, 5) is 7.78. The summed E-state index contributed by atoms with van der Waals surface area (Å²) >= 11 is 2.37. The van der Waals surface area contributed by atoms with Gasteiger partial charge in [0.25, 0.3) is 0 Å². The third kappa shape index (κ3) is 5.44. The van der Waals surface area contributed by atoms with Gasteiger partial charge in [0.15, 0.2) is 0 Å². The normalized spacial score (nSPS) is 14.5. The number of halogens is 1. The number of nitrogens with one attached hydrogen (secondary N) is 1. The van der Waals surface area contributed by atoms with Crippen LogP contribution in [-0.4, -0.2) is 9.97 Å². The van der Waals surface area contributed by atoms with Crippen LogP contribution in [0.15, 0.2) is 6.33 Å². The Balaban J connectivity index is 2.64. The van der Waals surface area contributed by atoms with Gasteiger partial charge in [-0.3, -0.25) is 0 Å². The van der Waals surface area contributed by atoms with Crippen LogP contribution in [-0.2, 0) is 5.41 Å². The van der Waals surface area contributed by atoms with E-state index in [1.54, 1.807) is 0 Å². The molecule has 1 aromatic heterocycles. The van der Waals surface area contributed by atoms with Crippen LogP contribution in [0.2, 0.25) is 0 Å². The van der Waals surface area contributed by atoms with Crippen molar-refractivity contribution in [2.45, 2.75) is 84.0 Å². The molecule has 1 aromatic rings. The quantitative estimate of drug-likeness (QED) is 0.404. The van der Waals surface area contributed by atoms with Crippen molar-refractivity contribution in [2.24, 2.45) is 0 Å². The Hall–Kier alpha value is -0.0600. The average Bonchev–Trinajstić information content (AvgIpc) is 2.82. The summed E-state index contributed by atoms with van der Waals surface area (Å²) in [5.74, 6) is 0. The Morgan fingerprint density at radius 2 is 1.63 bits per heavy atom. The predicted octanol–water partition coefficient (Wildman–Crippen LogP) is 5.82. The molecule has 0 aliphatic rings. The zero-order chi connectivity index (χ0) is 14.1. The highest BCUT2D eigenvalue weighted by molar-refractivity contribution is 14.1. The summed E-state index contributed by atoms with van der Waals surface area (Å²) in [7, 11) is 0. The third-order valence-corrected chi connectivity index (χ3v) is 4.93. The first kappa shape index (κ1) is 17.0. The Kier molecular flexibility index (Phi) is 8.03. The molecule has 3 heteroatoms. The van der Waals surface area contributed by atoms with E-state index < -0.39 is 0 Å². The van der Waals surface area contributed by atoms with Crippen LogP contribution in [0, 0.1) is 3.70 Å². The second-order valence-electron chi connectivity index (χ2n) is 5.90. The van der Waals surface area contributed by atoms with Crippen molar-refractivity contribution in [3.05, 3.63) is 15.7 Å². The molecule has 0 saturated carbocycles. The summed E-state index contributed by atoms with van der Waals surface area (Å²) in [6, 6.07) is 0. The van der Waals surface area contributed by atoms with Gasteiger partial charge >= 0.3 is 0 Å². The molecule has 1 heterocycles. The first-order chi connectivity index (χ1) is 9.14. The van der Waals surface area contributed by atoms with Gasteiger partial charge in [-0.1, -0.05) is 65.7 Å². The van der Waals surface area contributed by atoms with E-state index in [1.807, 2.05) is 6.33 Å². The van der Waals surface area contributed by atoms with E-state index in [0.717, 1.165) is 3.70 Å². The molecule has 0 aromatic carbocycles. The van der Waals surface area contributed by atoms with Gasteiger partial charge in [-0.05, 0) is 35.4 Å². The largest absolute Gasteiger partial charge is 0.347 e. The van der Waals surface area contributed by atoms with E-state index in [4.69, 9.17) is 0 Å². The number of aromatic amines is 1. The van der Waals surface area contributed by atoms with Gasteiger partial charge in [-0.2, -0.15) is 0 Å². The standard InChI is InChI=1S/C16H29IN2/c1-4-6-8-10-12-16(3,11-9-7-5-2)14-15(17)19-13-18-14/h13H,4-12H2,1-3H3,(H,18,19). The molecule has 0 bridgehead atoms. The summed E-state index contributed by atoms with van der Waals surface area (Å²) in [5, 5.41) is 0. The molecule has 0 fully saturated rings. The highest BCUT2D eigenvalue weighted by Gasteiger charge is 2.29. The summed E-state index contributed by atoms with van der Waals surface area (Å²) in [6.07, 6.45) is 13.8. The number of hydrogen-bond donors (Lipinski definition) is 1. The van der Waals surface area contributed by atoms with Crippen LogP contribution < -0.4 is 0 Å². The second-order valence-corrected chi connectivity index (χ2v) is 6.92. The van der Waals surface area contributed by atoms with Gasteiger partial charge in [-0.15, -0.1) is 0 Å². The molecule has 0 spiro atoms. The van der Waals surface area contributed by atoms with Gasteiger partial charge in [0, 0.05) is 5.41 Å². The molecular weight excluding hydrogens is 347 g/mol. The van der Waals surface area contributed by atoms with E-state index in [2.05, 4.69) is 53.3 Å². The van der Waals surface area contributed by atoms with E-state index in [9.17, 15) is 0 Å². The highest BCUT2D eigenvalue weighted by Crippen LogP contribution is 2.36. The first-order valence-corrected chi connectivity index (χ1v) is 8.91. The minimum absolute atomic E-state index is 0.288. The fourth-order valence-electron chi connectivity index (χ4n) is 2.78. The van der Waals surface area contributed by atoms with Crippen molar-refractivity contribution in [1.82, 2.24) is 9.97 Å². The van der Waals surface area contributed by atoms with Crippen LogP contribution in [0.1, 0.15) is 84.3 Å². The fourth-order valence-corrected chi connectivity index (χ4v) is 3.73. The Bertz CT molecular complexity index is 348. The molecule has 110 valence electrons. The first-order valence-electron chi connectivity index (χ1n) is 7.83. The van der Waals surface area contributed by atoms with Crippen LogP contribution in [0.4, 0.5) is 0 Å². The maximum Gasteiger partial charge on any atom is 0.122 e. The van der Waals surface area contributed by atoms with E-state index in [1.165, 1.54) is 63.5 Å².